The van der Waals surface area contributed by atoms with Crippen LogP contribution in [0, 0.1) is 6.92 Å². The van der Waals surface area contributed by atoms with Crippen LogP contribution in [-0.4, -0.2) is 63.7 Å². The first kappa shape index (κ1) is 24.1. The average Bonchev–Trinajstić information content (AvgIpc) is 2.79. The highest BCUT2D eigenvalue weighted by atomic mass is 32.2. The monoisotopic (exact) mass is 459 g/mol. The van der Waals surface area contributed by atoms with Crippen LogP contribution in [0.5, 0.6) is 5.75 Å². The Kier molecular flexibility index (Phi) is 8.53. The van der Waals surface area contributed by atoms with Crippen molar-refractivity contribution in [2.45, 2.75) is 26.7 Å². The third-order valence-corrected chi connectivity index (χ3v) is 7.40. The molecule has 0 saturated carbocycles. The van der Waals surface area contributed by atoms with Crippen LogP contribution in [0.4, 0.5) is 5.69 Å². The average molecular weight is 460 g/mol. The number of hydrogen-bond acceptors (Lipinski definition) is 5. The van der Waals surface area contributed by atoms with Crippen molar-refractivity contribution in [3.8, 4) is 5.75 Å². The number of hydrogen-bond donors (Lipinski definition) is 1. The van der Waals surface area contributed by atoms with Gasteiger partial charge in [0.05, 0.1) is 12.4 Å². The maximum absolute atomic E-state index is 12.7. The molecule has 0 spiro atoms. The predicted octanol–water partition coefficient (Wildman–Crippen LogP) is 3.06. The van der Waals surface area contributed by atoms with Gasteiger partial charge in [-0.25, -0.2) is 8.42 Å². The van der Waals surface area contributed by atoms with Gasteiger partial charge >= 0.3 is 0 Å². The number of unbranched alkanes of at least 4 members (excludes halogenated alkanes) is 1. The van der Waals surface area contributed by atoms with Crippen molar-refractivity contribution in [3.05, 3.63) is 59.7 Å². The maximum Gasteiger partial charge on any atom is 0.251 e. The SMILES string of the molecule is CCCCOc1ccc(C(=O)NCCS(=O)(=O)N2CCN(c3cccc(C)c3)CC2)cc1. The van der Waals surface area contributed by atoms with E-state index in [1.165, 1.54) is 9.87 Å². The standard InChI is InChI=1S/C24H33N3O4S/c1-3-4-17-31-23-10-8-21(9-11-23)24(28)25-12-18-32(29,30)27-15-13-26(14-16-27)22-7-5-6-20(2)19-22/h5-11,19H,3-4,12-18H2,1-2H3,(H,25,28). The minimum Gasteiger partial charge on any atom is -0.494 e. The van der Waals surface area contributed by atoms with Gasteiger partial charge in [-0.05, 0) is 55.3 Å². The molecule has 174 valence electrons. The molecule has 7 nitrogen and oxygen atoms in total. The zero-order valence-electron chi connectivity index (χ0n) is 18.9. The quantitative estimate of drug-likeness (QED) is 0.553. The number of sulfonamides is 1. The number of ether oxygens (including phenoxy) is 1. The number of anilines is 1. The summed E-state index contributed by atoms with van der Waals surface area (Å²) in [6.07, 6.45) is 2.05. The molecule has 32 heavy (non-hydrogen) atoms. The minimum absolute atomic E-state index is 0.0774. The number of carbonyl (C=O) groups excluding carboxylic acids is 1. The van der Waals surface area contributed by atoms with Crippen LogP contribution < -0.4 is 15.0 Å². The molecule has 1 saturated heterocycles. The van der Waals surface area contributed by atoms with Gasteiger partial charge in [-0.1, -0.05) is 25.5 Å². The van der Waals surface area contributed by atoms with Crippen molar-refractivity contribution < 1.29 is 17.9 Å². The molecule has 0 aliphatic carbocycles. The number of piperazine rings is 1. The summed E-state index contributed by atoms with van der Waals surface area (Å²) in [4.78, 5) is 14.5. The highest BCUT2D eigenvalue weighted by molar-refractivity contribution is 7.89. The molecule has 8 heteroatoms. The number of aryl methyl sites for hydroxylation is 1. The summed E-state index contributed by atoms with van der Waals surface area (Å²) in [5, 5.41) is 2.71. The molecular formula is C24H33N3O4S. The molecule has 0 bridgehead atoms. The van der Waals surface area contributed by atoms with E-state index >= 15 is 0 Å². The van der Waals surface area contributed by atoms with Crippen LogP contribution in [0.3, 0.4) is 0 Å². The first-order valence-corrected chi connectivity index (χ1v) is 12.8. The summed E-state index contributed by atoms with van der Waals surface area (Å²) in [7, 11) is -3.42. The van der Waals surface area contributed by atoms with Crippen LogP contribution in [0.2, 0.25) is 0 Å². The lowest BCUT2D eigenvalue weighted by atomic mass is 10.2. The second-order valence-corrected chi connectivity index (χ2v) is 10.1. The molecule has 1 aliphatic rings. The van der Waals surface area contributed by atoms with Crippen LogP contribution in [0.15, 0.2) is 48.5 Å². The van der Waals surface area contributed by atoms with Crippen molar-refractivity contribution in [1.29, 1.82) is 0 Å². The number of amides is 1. The summed E-state index contributed by atoms with van der Waals surface area (Å²) in [6.45, 7) is 7.08. The summed E-state index contributed by atoms with van der Waals surface area (Å²) < 4.78 is 32.5. The Hall–Kier alpha value is -2.58. The lowest BCUT2D eigenvalue weighted by Gasteiger charge is -2.35. The third kappa shape index (κ3) is 6.71. The van der Waals surface area contributed by atoms with Gasteiger partial charge < -0.3 is 15.0 Å². The van der Waals surface area contributed by atoms with Gasteiger partial charge in [-0.15, -0.1) is 0 Å². The van der Waals surface area contributed by atoms with Crippen LogP contribution in [-0.2, 0) is 10.0 Å². The number of nitrogens with zero attached hydrogens (tertiary/aromatic N) is 2. The molecular weight excluding hydrogens is 426 g/mol. The summed E-state index contributed by atoms with van der Waals surface area (Å²) >= 11 is 0. The van der Waals surface area contributed by atoms with E-state index in [0.29, 0.717) is 38.3 Å². The van der Waals surface area contributed by atoms with Gasteiger partial charge in [0.1, 0.15) is 5.75 Å². The summed E-state index contributed by atoms with van der Waals surface area (Å²) in [6, 6.07) is 15.1. The van der Waals surface area contributed by atoms with E-state index in [9.17, 15) is 13.2 Å². The van der Waals surface area contributed by atoms with E-state index in [0.717, 1.165) is 24.3 Å². The molecule has 2 aromatic carbocycles. The van der Waals surface area contributed by atoms with Crippen LogP contribution >= 0.6 is 0 Å². The molecule has 0 radical (unpaired) electrons. The van der Waals surface area contributed by atoms with Crippen molar-refractivity contribution >= 4 is 21.6 Å². The Labute approximate surface area is 191 Å². The number of rotatable bonds is 10. The molecule has 3 rings (SSSR count). The van der Waals surface area contributed by atoms with Crippen molar-refractivity contribution in [3.63, 3.8) is 0 Å². The maximum atomic E-state index is 12.7. The van der Waals surface area contributed by atoms with Gasteiger partial charge in [-0.3, -0.25) is 4.79 Å². The lowest BCUT2D eigenvalue weighted by Crippen LogP contribution is -2.50. The van der Waals surface area contributed by atoms with E-state index in [1.807, 2.05) is 19.1 Å². The highest BCUT2D eigenvalue weighted by Gasteiger charge is 2.27. The molecule has 1 fully saturated rings. The second kappa shape index (κ2) is 11.3. The van der Waals surface area contributed by atoms with Gasteiger partial charge in [0.2, 0.25) is 10.0 Å². The fraction of sp³-hybridized carbons (Fsp3) is 0.458. The molecule has 1 N–H and O–H groups in total. The predicted molar refractivity (Wildman–Crippen MR) is 128 cm³/mol. The normalized spacial score (nSPS) is 14.9. The largest absolute Gasteiger partial charge is 0.494 e. The van der Waals surface area contributed by atoms with Crippen molar-refractivity contribution in [2.75, 3.05) is 50.0 Å². The molecule has 1 amide bonds. The van der Waals surface area contributed by atoms with Gasteiger partial charge in [0.25, 0.3) is 5.91 Å². The topological polar surface area (TPSA) is 78.9 Å². The number of nitrogens with one attached hydrogen (secondary N) is 1. The van der Waals surface area contributed by atoms with E-state index in [-0.39, 0.29) is 18.2 Å². The molecule has 2 aromatic rings. The highest BCUT2D eigenvalue weighted by Crippen LogP contribution is 2.19. The van der Waals surface area contributed by atoms with E-state index < -0.39 is 10.0 Å². The number of carbonyl (C=O) groups is 1. The fourth-order valence-corrected chi connectivity index (χ4v) is 4.95. The van der Waals surface area contributed by atoms with Crippen LogP contribution in [0.1, 0.15) is 35.7 Å². The van der Waals surface area contributed by atoms with E-state index in [1.54, 1.807) is 24.3 Å². The Balaban J connectivity index is 1.43. The first-order valence-electron chi connectivity index (χ1n) is 11.2. The molecule has 0 unspecified atom stereocenters. The Bertz CT molecular complexity index is 985. The zero-order valence-corrected chi connectivity index (χ0v) is 19.7. The van der Waals surface area contributed by atoms with Gasteiger partial charge in [0, 0.05) is 44.0 Å². The minimum atomic E-state index is -3.42. The zero-order chi connectivity index (χ0) is 23.0. The van der Waals surface area contributed by atoms with Gasteiger partial charge in [0.15, 0.2) is 0 Å². The molecule has 1 heterocycles. The Morgan fingerprint density at radius 2 is 1.78 bits per heavy atom. The summed E-state index contributed by atoms with van der Waals surface area (Å²) in [5.41, 5.74) is 2.79. The smallest absolute Gasteiger partial charge is 0.251 e. The molecule has 0 aromatic heterocycles. The van der Waals surface area contributed by atoms with Crippen molar-refractivity contribution in [1.82, 2.24) is 9.62 Å². The Morgan fingerprint density at radius 3 is 2.44 bits per heavy atom. The lowest BCUT2D eigenvalue weighted by molar-refractivity contribution is 0.0956. The number of benzene rings is 2. The third-order valence-electron chi connectivity index (χ3n) is 5.53. The Morgan fingerprint density at radius 1 is 1.06 bits per heavy atom. The van der Waals surface area contributed by atoms with E-state index in [4.69, 9.17) is 4.74 Å². The molecule has 0 atom stereocenters. The van der Waals surface area contributed by atoms with Crippen molar-refractivity contribution in [2.24, 2.45) is 0 Å². The molecule has 1 aliphatic heterocycles. The fourth-order valence-electron chi connectivity index (χ4n) is 3.61. The van der Waals surface area contributed by atoms with E-state index in [2.05, 4.69) is 29.3 Å². The first-order chi connectivity index (χ1) is 15.4. The van der Waals surface area contributed by atoms with Crippen LogP contribution in [0.25, 0.3) is 0 Å². The van der Waals surface area contributed by atoms with Gasteiger partial charge in [-0.2, -0.15) is 4.31 Å². The summed E-state index contributed by atoms with van der Waals surface area (Å²) in [5.74, 6) is 0.327. The second-order valence-electron chi connectivity index (χ2n) is 8.02.